The van der Waals surface area contributed by atoms with E-state index in [-0.39, 0.29) is 23.8 Å². The summed E-state index contributed by atoms with van der Waals surface area (Å²) in [5, 5.41) is 6.41. The zero-order valence-corrected chi connectivity index (χ0v) is 13.1. The van der Waals surface area contributed by atoms with Gasteiger partial charge in [0.1, 0.15) is 5.82 Å². The molecular weight excluding hydrogens is 281 g/mol. The third-order valence-corrected chi connectivity index (χ3v) is 4.64. The highest BCUT2D eigenvalue weighted by atomic mass is 19.1. The highest BCUT2D eigenvalue weighted by molar-refractivity contribution is 5.82. The summed E-state index contributed by atoms with van der Waals surface area (Å²) in [6.07, 6.45) is 4.05. The molecule has 2 fully saturated rings. The van der Waals surface area contributed by atoms with Gasteiger partial charge in [-0.3, -0.25) is 4.79 Å². The van der Waals surface area contributed by atoms with Gasteiger partial charge in [0.15, 0.2) is 0 Å². The van der Waals surface area contributed by atoms with Crippen LogP contribution in [0.3, 0.4) is 0 Å². The number of amides is 1. The zero-order valence-electron chi connectivity index (χ0n) is 13.1. The molecule has 1 aromatic carbocycles. The quantitative estimate of drug-likeness (QED) is 0.897. The van der Waals surface area contributed by atoms with E-state index in [0.717, 1.165) is 56.6 Å². The van der Waals surface area contributed by atoms with E-state index in [1.807, 2.05) is 13.0 Å². The average molecular weight is 305 g/mol. The molecule has 2 atom stereocenters. The number of benzene rings is 1. The number of rotatable bonds is 3. The van der Waals surface area contributed by atoms with E-state index in [0.29, 0.717) is 0 Å². The van der Waals surface area contributed by atoms with Crippen LogP contribution >= 0.6 is 0 Å². The van der Waals surface area contributed by atoms with Crippen LogP contribution in [0.4, 0.5) is 10.1 Å². The van der Waals surface area contributed by atoms with E-state index in [1.165, 1.54) is 6.07 Å². The van der Waals surface area contributed by atoms with Crippen molar-refractivity contribution >= 4 is 11.6 Å². The summed E-state index contributed by atoms with van der Waals surface area (Å²) in [5.74, 6) is -0.0735. The van der Waals surface area contributed by atoms with Crippen LogP contribution in [0.2, 0.25) is 0 Å². The molecule has 3 rings (SSSR count). The first-order valence-electron chi connectivity index (χ1n) is 8.18. The van der Waals surface area contributed by atoms with Gasteiger partial charge in [-0.1, -0.05) is 0 Å². The Morgan fingerprint density at radius 2 is 2.23 bits per heavy atom. The SMILES string of the molecule is Cc1cc(F)ccc1N1CCCC(NC(=O)C2CCCN2)C1. The van der Waals surface area contributed by atoms with E-state index in [4.69, 9.17) is 0 Å². The first kappa shape index (κ1) is 15.3. The van der Waals surface area contributed by atoms with Crippen LogP contribution in [0.25, 0.3) is 0 Å². The number of hydrogen-bond donors (Lipinski definition) is 2. The Morgan fingerprint density at radius 3 is 2.95 bits per heavy atom. The van der Waals surface area contributed by atoms with Crippen molar-refractivity contribution in [3.8, 4) is 0 Å². The van der Waals surface area contributed by atoms with Crippen LogP contribution in [0.1, 0.15) is 31.2 Å². The van der Waals surface area contributed by atoms with Gasteiger partial charge >= 0.3 is 0 Å². The second-order valence-corrected chi connectivity index (χ2v) is 6.37. The molecule has 2 N–H and O–H groups in total. The molecule has 22 heavy (non-hydrogen) atoms. The number of carbonyl (C=O) groups excluding carboxylic acids is 1. The predicted molar refractivity (Wildman–Crippen MR) is 85.5 cm³/mol. The number of piperidine rings is 1. The van der Waals surface area contributed by atoms with Crippen molar-refractivity contribution in [2.24, 2.45) is 0 Å². The minimum absolute atomic E-state index is 0.0251. The van der Waals surface area contributed by atoms with Crippen LogP contribution in [0.15, 0.2) is 18.2 Å². The van der Waals surface area contributed by atoms with Gasteiger partial charge in [0.2, 0.25) is 5.91 Å². The second kappa shape index (κ2) is 6.65. The molecule has 0 saturated carbocycles. The van der Waals surface area contributed by atoms with E-state index in [9.17, 15) is 9.18 Å². The summed E-state index contributed by atoms with van der Waals surface area (Å²) in [6.45, 7) is 4.62. The van der Waals surface area contributed by atoms with Crippen LogP contribution in [0, 0.1) is 12.7 Å². The molecule has 5 heteroatoms. The van der Waals surface area contributed by atoms with Crippen LogP contribution in [0.5, 0.6) is 0 Å². The number of hydrogen-bond acceptors (Lipinski definition) is 3. The number of halogens is 1. The van der Waals surface area contributed by atoms with E-state index in [1.54, 1.807) is 6.07 Å². The van der Waals surface area contributed by atoms with Crippen LogP contribution in [-0.4, -0.2) is 37.6 Å². The molecule has 0 spiro atoms. The first-order chi connectivity index (χ1) is 10.6. The second-order valence-electron chi connectivity index (χ2n) is 6.37. The number of carbonyl (C=O) groups is 1. The Bertz CT molecular complexity index is 543. The minimum atomic E-state index is -0.199. The number of nitrogens with zero attached hydrogens (tertiary/aromatic N) is 1. The molecule has 120 valence electrons. The number of aryl methyl sites for hydroxylation is 1. The van der Waals surface area contributed by atoms with Gasteiger partial charge in [-0.2, -0.15) is 0 Å². The van der Waals surface area contributed by atoms with Crippen molar-refractivity contribution in [2.75, 3.05) is 24.5 Å². The Hall–Kier alpha value is -1.62. The largest absolute Gasteiger partial charge is 0.369 e. The topological polar surface area (TPSA) is 44.4 Å². The fraction of sp³-hybridized carbons (Fsp3) is 0.588. The normalized spacial score (nSPS) is 25.3. The van der Waals surface area contributed by atoms with E-state index < -0.39 is 0 Å². The lowest BCUT2D eigenvalue weighted by atomic mass is 10.0. The Morgan fingerprint density at radius 1 is 1.36 bits per heavy atom. The van der Waals surface area contributed by atoms with E-state index in [2.05, 4.69) is 15.5 Å². The average Bonchev–Trinajstić information content (AvgIpc) is 3.02. The van der Waals surface area contributed by atoms with Gasteiger partial charge in [0, 0.05) is 24.8 Å². The van der Waals surface area contributed by atoms with Gasteiger partial charge in [-0.25, -0.2) is 4.39 Å². The zero-order chi connectivity index (χ0) is 15.5. The van der Waals surface area contributed by atoms with Crippen molar-refractivity contribution in [2.45, 2.75) is 44.7 Å². The molecule has 1 aromatic rings. The predicted octanol–water partition coefficient (Wildman–Crippen LogP) is 1.97. The summed E-state index contributed by atoms with van der Waals surface area (Å²) in [7, 11) is 0. The van der Waals surface area contributed by atoms with E-state index >= 15 is 0 Å². The monoisotopic (exact) mass is 305 g/mol. The molecule has 2 saturated heterocycles. The maximum Gasteiger partial charge on any atom is 0.237 e. The summed E-state index contributed by atoms with van der Waals surface area (Å²) in [6, 6.07) is 5.07. The lowest BCUT2D eigenvalue weighted by Crippen LogP contribution is -2.52. The Labute approximate surface area is 131 Å². The van der Waals surface area contributed by atoms with Crippen molar-refractivity contribution in [1.29, 1.82) is 0 Å². The number of nitrogens with one attached hydrogen (secondary N) is 2. The molecule has 0 radical (unpaired) electrons. The molecular formula is C17H24FN3O. The minimum Gasteiger partial charge on any atom is -0.369 e. The van der Waals surface area contributed by atoms with Gasteiger partial charge in [-0.15, -0.1) is 0 Å². The van der Waals surface area contributed by atoms with Crippen molar-refractivity contribution in [3.63, 3.8) is 0 Å². The lowest BCUT2D eigenvalue weighted by molar-refractivity contribution is -0.123. The lowest BCUT2D eigenvalue weighted by Gasteiger charge is -2.36. The Kier molecular flexibility index (Phi) is 4.62. The van der Waals surface area contributed by atoms with Crippen LogP contribution < -0.4 is 15.5 Å². The standard InChI is InChI=1S/C17H24FN3O/c1-12-10-13(18)6-7-16(12)21-9-3-4-14(11-21)20-17(22)15-5-2-8-19-15/h6-7,10,14-15,19H,2-5,8-9,11H2,1H3,(H,20,22). The fourth-order valence-corrected chi connectivity index (χ4v) is 3.50. The first-order valence-corrected chi connectivity index (χ1v) is 8.18. The molecule has 4 nitrogen and oxygen atoms in total. The molecule has 0 aromatic heterocycles. The van der Waals surface area contributed by atoms with Crippen LogP contribution in [-0.2, 0) is 4.79 Å². The molecule has 2 aliphatic heterocycles. The molecule has 0 bridgehead atoms. The number of anilines is 1. The van der Waals surface area contributed by atoms with Gasteiger partial charge in [0.25, 0.3) is 0 Å². The summed E-state index contributed by atoms with van der Waals surface area (Å²) in [4.78, 5) is 14.5. The summed E-state index contributed by atoms with van der Waals surface area (Å²) >= 11 is 0. The van der Waals surface area contributed by atoms with Crippen molar-refractivity contribution in [1.82, 2.24) is 10.6 Å². The third kappa shape index (κ3) is 3.40. The highest BCUT2D eigenvalue weighted by Crippen LogP contribution is 2.24. The third-order valence-electron chi connectivity index (χ3n) is 4.64. The Balaban J connectivity index is 1.62. The fourth-order valence-electron chi connectivity index (χ4n) is 3.50. The molecule has 0 aliphatic carbocycles. The molecule has 2 aliphatic rings. The summed E-state index contributed by atoms with van der Waals surface area (Å²) in [5.41, 5.74) is 2.02. The van der Waals surface area contributed by atoms with Gasteiger partial charge < -0.3 is 15.5 Å². The maximum atomic E-state index is 13.3. The molecule has 2 heterocycles. The highest BCUT2D eigenvalue weighted by Gasteiger charge is 2.27. The van der Waals surface area contributed by atoms with Gasteiger partial charge in [0.05, 0.1) is 6.04 Å². The van der Waals surface area contributed by atoms with Crippen molar-refractivity contribution < 1.29 is 9.18 Å². The van der Waals surface area contributed by atoms with Gasteiger partial charge in [-0.05, 0) is 62.9 Å². The van der Waals surface area contributed by atoms with Crippen molar-refractivity contribution in [3.05, 3.63) is 29.6 Å². The summed E-state index contributed by atoms with van der Waals surface area (Å²) < 4.78 is 13.3. The molecule has 1 amide bonds. The maximum absolute atomic E-state index is 13.3. The smallest absolute Gasteiger partial charge is 0.237 e. The molecule has 2 unspecified atom stereocenters.